The number of hydrogen-bond donors (Lipinski definition) is 1. The molecule has 2 aliphatic rings. The molecular weight excluding hydrogens is 213 g/mol. The zero-order valence-electron chi connectivity index (χ0n) is 8.05. The molecule has 1 spiro atoms. The van der Waals surface area contributed by atoms with Gasteiger partial charge in [-0.1, -0.05) is 6.07 Å². The van der Waals surface area contributed by atoms with Gasteiger partial charge in [0.05, 0.1) is 16.0 Å². The van der Waals surface area contributed by atoms with E-state index in [1.54, 1.807) is 12.1 Å². The SMILES string of the molecule is O=C1Nc2cccc(F)c2SCC12CC2. The number of benzene rings is 1. The second kappa shape index (κ2) is 2.98. The summed E-state index contributed by atoms with van der Waals surface area (Å²) >= 11 is 1.45. The van der Waals surface area contributed by atoms with E-state index in [1.165, 1.54) is 17.8 Å². The van der Waals surface area contributed by atoms with Crippen molar-refractivity contribution in [3.05, 3.63) is 24.0 Å². The number of thioether (sulfide) groups is 1. The highest BCUT2D eigenvalue weighted by Crippen LogP contribution is 2.52. The number of hydrogen-bond acceptors (Lipinski definition) is 2. The van der Waals surface area contributed by atoms with E-state index in [4.69, 9.17) is 0 Å². The fourth-order valence-electron chi connectivity index (χ4n) is 1.81. The van der Waals surface area contributed by atoms with Crippen LogP contribution in [0.2, 0.25) is 0 Å². The molecule has 1 aliphatic heterocycles. The lowest BCUT2D eigenvalue weighted by atomic mass is 10.1. The van der Waals surface area contributed by atoms with Crippen LogP contribution in [0, 0.1) is 11.2 Å². The summed E-state index contributed by atoms with van der Waals surface area (Å²) in [4.78, 5) is 12.4. The first-order valence-electron chi connectivity index (χ1n) is 4.94. The van der Waals surface area contributed by atoms with Crippen molar-refractivity contribution in [2.45, 2.75) is 17.7 Å². The van der Waals surface area contributed by atoms with E-state index < -0.39 is 0 Å². The lowest BCUT2D eigenvalue weighted by Gasteiger charge is -2.08. The number of halogens is 1. The first-order valence-corrected chi connectivity index (χ1v) is 5.93. The van der Waals surface area contributed by atoms with Gasteiger partial charge in [-0.2, -0.15) is 0 Å². The normalized spacial score (nSPS) is 21.8. The summed E-state index contributed by atoms with van der Waals surface area (Å²) in [6, 6.07) is 4.81. The summed E-state index contributed by atoms with van der Waals surface area (Å²) in [5.41, 5.74) is 0.407. The van der Waals surface area contributed by atoms with Gasteiger partial charge in [0.2, 0.25) is 5.91 Å². The summed E-state index contributed by atoms with van der Waals surface area (Å²) in [6.07, 6.45) is 1.86. The second-order valence-corrected chi connectivity index (χ2v) is 5.13. The van der Waals surface area contributed by atoms with Gasteiger partial charge in [0, 0.05) is 5.75 Å². The van der Waals surface area contributed by atoms with Crippen LogP contribution < -0.4 is 5.32 Å². The fourth-order valence-corrected chi connectivity index (χ4v) is 3.13. The van der Waals surface area contributed by atoms with Gasteiger partial charge in [-0.25, -0.2) is 4.39 Å². The maximum Gasteiger partial charge on any atom is 0.231 e. The zero-order chi connectivity index (χ0) is 10.5. The molecule has 0 radical (unpaired) electrons. The minimum atomic E-state index is -0.240. The Kier molecular flexibility index (Phi) is 1.83. The molecule has 0 saturated heterocycles. The molecule has 2 nitrogen and oxygen atoms in total. The van der Waals surface area contributed by atoms with E-state index >= 15 is 0 Å². The van der Waals surface area contributed by atoms with Crippen molar-refractivity contribution in [3.8, 4) is 0 Å². The Morgan fingerprint density at radius 1 is 1.40 bits per heavy atom. The first kappa shape index (κ1) is 9.21. The molecule has 1 aliphatic carbocycles. The molecule has 78 valence electrons. The van der Waals surface area contributed by atoms with Crippen molar-refractivity contribution in [3.63, 3.8) is 0 Å². The smallest absolute Gasteiger partial charge is 0.231 e. The van der Waals surface area contributed by atoms with Crippen LogP contribution in [0.4, 0.5) is 10.1 Å². The van der Waals surface area contributed by atoms with Gasteiger partial charge in [0.15, 0.2) is 0 Å². The third kappa shape index (κ3) is 1.35. The number of amides is 1. The quantitative estimate of drug-likeness (QED) is 0.732. The highest BCUT2D eigenvalue weighted by atomic mass is 32.2. The maximum atomic E-state index is 13.5. The molecule has 4 heteroatoms. The van der Waals surface area contributed by atoms with Crippen molar-refractivity contribution < 1.29 is 9.18 Å². The van der Waals surface area contributed by atoms with E-state index in [-0.39, 0.29) is 17.1 Å². The first-order chi connectivity index (χ1) is 7.21. The Morgan fingerprint density at radius 2 is 2.20 bits per heavy atom. The molecular formula is C11H10FNOS. The Hall–Kier alpha value is -1.03. The number of carbonyl (C=O) groups is 1. The van der Waals surface area contributed by atoms with Gasteiger partial charge in [-0.3, -0.25) is 4.79 Å². The molecule has 1 saturated carbocycles. The number of carbonyl (C=O) groups excluding carboxylic acids is 1. The number of nitrogens with one attached hydrogen (secondary N) is 1. The van der Waals surface area contributed by atoms with Gasteiger partial charge in [-0.15, -0.1) is 11.8 Å². The van der Waals surface area contributed by atoms with Gasteiger partial charge in [-0.05, 0) is 25.0 Å². The van der Waals surface area contributed by atoms with Crippen LogP contribution in [-0.2, 0) is 4.79 Å². The van der Waals surface area contributed by atoms with Crippen LogP contribution in [-0.4, -0.2) is 11.7 Å². The lowest BCUT2D eigenvalue weighted by Crippen LogP contribution is -2.24. The molecule has 0 bridgehead atoms. The van der Waals surface area contributed by atoms with E-state index in [0.717, 1.165) is 12.8 Å². The second-order valence-electron chi connectivity index (χ2n) is 4.14. The molecule has 0 unspecified atom stereocenters. The van der Waals surface area contributed by atoms with Crippen LogP contribution >= 0.6 is 11.8 Å². The van der Waals surface area contributed by atoms with E-state index in [1.807, 2.05) is 0 Å². The molecule has 1 N–H and O–H groups in total. The summed E-state index contributed by atoms with van der Waals surface area (Å²) < 4.78 is 13.5. The molecule has 0 aromatic heterocycles. The maximum absolute atomic E-state index is 13.5. The number of anilines is 1. The fraction of sp³-hybridized carbons (Fsp3) is 0.364. The lowest BCUT2D eigenvalue weighted by molar-refractivity contribution is -0.120. The van der Waals surface area contributed by atoms with Gasteiger partial charge < -0.3 is 5.32 Å². The predicted molar refractivity (Wildman–Crippen MR) is 57.4 cm³/mol. The highest BCUT2D eigenvalue weighted by molar-refractivity contribution is 7.99. The monoisotopic (exact) mass is 223 g/mol. The average Bonchev–Trinajstić information content (AvgIpc) is 2.98. The summed E-state index contributed by atoms with van der Waals surface area (Å²) in [5, 5.41) is 2.82. The van der Waals surface area contributed by atoms with Crippen molar-refractivity contribution in [1.29, 1.82) is 0 Å². The number of fused-ring (bicyclic) bond motifs is 1. The van der Waals surface area contributed by atoms with Crippen LogP contribution in [0.1, 0.15) is 12.8 Å². The Labute approximate surface area is 91.2 Å². The zero-order valence-corrected chi connectivity index (χ0v) is 8.86. The van der Waals surface area contributed by atoms with Gasteiger partial charge >= 0.3 is 0 Å². The van der Waals surface area contributed by atoms with Crippen LogP contribution in [0.25, 0.3) is 0 Å². The average molecular weight is 223 g/mol. The summed E-state index contributed by atoms with van der Waals surface area (Å²) in [5.74, 6) is 0.516. The largest absolute Gasteiger partial charge is 0.324 e. The van der Waals surface area contributed by atoms with Crippen molar-refractivity contribution >= 4 is 23.4 Å². The van der Waals surface area contributed by atoms with Crippen LogP contribution in [0.15, 0.2) is 23.1 Å². The van der Waals surface area contributed by atoms with E-state index in [0.29, 0.717) is 16.3 Å². The van der Waals surface area contributed by atoms with Crippen molar-refractivity contribution in [2.24, 2.45) is 5.41 Å². The molecule has 3 rings (SSSR count). The molecule has 0 atom stereocenters. The summed E-state index contributed by atoms with van der Waals surface area (Å²) in [6.45, 7) is 0. The molecule has 1 aromatic carbocycles. The highest BCUT2D eigenvalue weighted by Gasteiger charge is 2.51. The van der Waals surface area contributed by atoms with Crippen molar-refractivity contribution in [1.82, 2.24) is 0 Å². The van der Waals surface area contributed by atoms with Crippen LogP contribution in [0.3, 0.4) is 0 Å². The van der Waals surface area contributed by atoms with Crippen LogP contribution in [0.5, 0.6) is 0 Å². The molecule has 15 heavy (non-hydrogen) atoms. The predicted octanol–water partition coefficient (Wildman–Crippen LogP) is 2.65. The van der Waals surface area contributed by atoms with Gasteiger partial charge in [0.25, 0.3) is 0 Å². The third-order valence-corrected chi connectivity index (χ3v) is 4.44. The van der Waals surface area contributed by atoms with E-state index in [2.05, 4.69) is 5.32 Å². The third-order valence-electron chi connectivity index (χ3n) is 3.04. The molecule has 1 aromatic rings. The standard InChI is InChI=1S/C11H10FNOS/c12-7-2-1-3-8-9(7)15-6-11(4-5-11)10(14)13-8/h1-3H,4-6H2,(H,13,14). The summed E-state index contributed by atoms with van der Waals surface area (Å²) in [7, 11) is 0. The minimum absolute atomic E-state index is 0.0550. The Bertz CT molecular complexity index is 442. The number of rotatable bonds is 0. The molecule has 1 fully saturated rings. The molecule has 1 heterocycles. The van der Waals surface area contributed by atoms with Gasteiger partial charge in [0.1, 0.15) is 5.82 Å². The topological polar surface area (TPSA) is 29.1 Å². The Balaban J connectivity index is 2.04. The van der Waals surface area contributed by atoms with E-state index in [9.17, 15) is 9.18 Å². The Morgan fingerprint density at radius 3 is 2.93 bits per heavy atom. The minimum Gasteiger partial charge on any atom is -0.324 e. The van der Waals surface area contributed by atoms with Crippen molar-refractivity contribution in [2.75, 3.05) is 11.1 Å². The molecule has 1 amide bonds.